The number of carboxylic acid groups (broad SMARTS) is 1. The summed E-state index contributed by atoms with van der Waals surface area (Å²) >= 11 is 0. The van der Waals surface area contributed by atoms with Crippen molar-refractivity contribution in [1.29, 1.82) is 0 Å². The lowest BCUT2D eigenvalue weighted by Gasteiger charge is -2.03. The highest BCUT2D eigenvalue weighted by Gasteiger charge is 2.06. The van der Waals surface area contributed by atoms with Crippen LogP contribution in [0.4, 0.5) is 0 Å². The lowest BCUT2D eigenvalue weighted by Crippen LogP contribution is -2.09. The highest BCUT2D eigenvalue weighted by molar-refractivity contribution is 5.86. The van der Waals surface area contributed by atoms with Crippen LogP contribution in [0.3, 0.4) is 0 Å². The molecule has 4 nitrogen and oxygen atoms in total. The van der Waals surface area contributed by atoms with Gasteiger partial charge in [0.2, 0.25) is 5.91 Å². The van der Waals surface area contributed by atoms with Gasteiger partial charge in [0.05, 0.1) is 0 Å². The van der Waals surface area contributed by atoms with E-state index in [0.717, 1.165) is 12.8 Å². The molecule has 0 heterocycles. The van der Waals surface area contributed by atoms with E-state index in [1.807, 2.05) is 0 Å². The van der Waals surface area contributed by atoms with Gasteiger partial charge in [0.15, 0.2) is 0 Å². The third kappa shape index (κ3) is 11.8. The van der Waals surface area contributed by atoms with Crippen LogP contribution in [-0.4, -0.2) is 17.0 Å². The van der Waals surface area contributed by atoms with Crippen molar-refractivity contribution in [3.8, 4) is 0 Å². The highest BCUT2D eigenvalue weighted by atomic mass is 16.4. The fourth-order valence-corrected chi connectivity index (χ4v) is 2.13. The molecule has 0 saturated carbocycles. The molecule has 0 bridgehead atoms. The van der Waals surface area contributed by atoms with Gasteiger partial charge in [0, 0.05) is 12.0 Å². The number of hydrogen-bond donors (Lipinski definition) is 2. The molecule has 1 amide bonds. The predicted molar refractivity (Wildman–Crippen MR) is 81.4 cm³/mol. The molecule has 0 aromatic rings. The Balaban J connectivity index is 3.71. The number of carboxylic acids is 1. The second-order valence-corrected chi connectivity index (χ2v) is 5.26. The molecule has 116 valence electrons. The summed E-state index contributed by atoms with van der Waals surface area (Å²) in [6.07, 6.45) is 12.4. The van der Waals surface area contributed by atoms with Gasteiger partial charge >= 0.3 is 5.97 Å². The molecule has 20 heavy (non-hydrogen) atoms. The zero-order chi connectivity index (χ0) is 15.2. The van der Waals surface area contributed by atoms with E-state index in [1.165, 1.54) is 38.5 Å². The number of carbonyl (C=O) groups is 2. The van der Waals surface area contributed by atoms with Crippen molar-refractivity contribution >= 4 is 11.9 Å². The van der Waals surface area contributed by atoms with Crippen LogP contribution in [0.1, 0.15) is 77.6 Å². The normalized spacial score (nSPS) is 11.6. The van der Waals surface area contributed by atoms with Crippen molar-refractivity contribution in [1.82, 2.24) is 0 Å². The van der Waals surface area contributed by atoms with E-state index in [4.69, 9.17) is 10.8 Å². The maximum absolute atomic E-state index is 11.0. The zero-order valence-electron chi connectivity index (χ0n) is 12.7. The van der Waals surface area contributed by atoms with Crippen LogP contribution in [0.2, 0.25) is 0 Å². The molecule has 0 unspecified atom stereocenters. The van der Waals surface area contributed by atoms with Crippen molar-refractivity contribution in [3.63, 3.8) is 0 Å². The third-order valence-corrected chi connectivity index (χ3v) is 3.36. The Morgan fingerprint density at radius 2 is 1.50 bits per heavy atom. The van der Waals surface area contributed by atoms with Crippen LogP contribution in [0.15, 0.2) is 11.6 Å². The molecule has 4 heteroatoms. The highest BCUT2D eigenvalue weighted by Crippen LogP contribution is 2.14. The molecule has 0 spiro atoms. The summed E-state index contributed by atoms with van der Waals surface area (Å²) in [6, 6.07) is 0. The average molecular weight is 283 g/mol. The summed E-state index contributed by atoms with van der Waals surface area (Å²) in [7, 11) is 0. The van der Waals surface area contributed by atoms with Gasteiger partial charge in [-0.05, 0) is 19.3 Å². The van der Waals surface area contributed by atoms with E-state index in [9.17, 15) is 9.59 Å². The Morgan fingerprint density at radius 1 is 0.950 bits per heavy atom. The van der Waals surface area contributed by atoms with Crippen molar-refractivity contribution in [2.75, 3.05) is 0 Å². The lowest BCUT2D eigenvalue weighted by molar-refractivity contribution is -0.132. The van der Waals surface area contributed by atoms with E-state index in [2.05, 4.69) is 6.92 Å². The van der Waals surface area contributed by atoms with Gasteiger partial charge in [-0.3, -0.25) is 4.79 Å². The standard InChI is InChI=1S/C16H29NO3/c1-2-3-4-5-6-7-8-9-11-14(16(19)20)12-10-13-15(17)18/h12H,2-11,13H2,1H3,(H2,17,18)(H,19,20). The van der Waals surface area contributed by atoms with Crippen molar-refractivity contribution in [2.45, 2.75) is 77.6 Å². The summed E-state index contributed by atoms with van der Waals surface area (Å²) in [6.45, 7) is 2.21. The molecule has 3 N–H and O–H groups in total. The van der Waals surface area contributed by atoms with E-state index in [-0.39, 0.29) is 6.42 Å². The average Bonchev–Trinajstić information content (AvgIpc) is 2.39. The summed E-state index contributed by atoms with van der Waals surface area (Å²) in [5, 5.41) is 9.05. The molecule has 0 radical (unpaired) electrons. The Morgan fingerprint density at radius 3 is 2.00 bits per heavy atom. The van der Waals surface area contributed by atoms with E-state index in [1.54, 1.807) is 6.08 Å². The molecule has 0 aromatic heterocycles. The van der Waals surface area contributed by atoms with Crippen LogP contribution in [-0.2, 0) is 9.59 Å². The maximum atomic E-state index is 11.0. The summed E-state index contributed by atoms with van der Waals surface area (Å²) in [4.78, 5) is 21.6. The summed E-state index contributed by atoms with van der Waals surface area (Å²) in [5.41, 5.74) is 5.44. The van der Waals surface area contributed by atoms with Gasteiger partial charge in [0.1, 0.15) is 0 Å². The Hall–Kier alpha value is -1.32. The van der Waals surface area contributed by atoms with Crippen molar-refractivity contribution in [2.24, 2.45) is 5.73 Å². The van der Waals surface area contributed by atoms with Gasteiger partial charge in [-0.25, -0.2) is 4.79 Å². The Kier molecular flexibility index (Phi) is 11.9. The fourth-order valence-electron chi connectivity index (χ4n) is 2.13. The molecule has 0 rings (SSSR count). The van der Waals surface area contributed by atoms with Gasteiger partial charge in [0.25, 0.3) is 0 Å². The number of unbranched alkanes of at least 4 members (excludes halogenated alkanes) is 7. The van der Waals surface area contributed by atoms with E-state index >= 15 is 0 Å². The molecular weight excluding hydrogens is 254 g/mol. The molecule has 0 saturated heterocycles. The van der Waals surface area contributed by atoms with Gasteiger partial charge in [-0.15, -0.1) is 0 Å². The van der Waals surface area contributed by atoms with Crippen molar-refractivity contribution in [3.05, 3.63) is 11.6 Å². The zero-order valence-corrected chi connectivity index (χ0v) is 12.7. The van der Waals surface area contributed by atoms with Crippen LogP contribution in [0.25, 0.3) is 0 Å². The van der Waals surface area contributed by atoms with Crippen LogP contribution in [0, 0.1) is 0 Å². The van der Waals surface area contributed by atoms with Gasteiger partial charge in [-0.2, -0.15) is 0 Å². The number of carbonyl (C=O) groups excluding carboxylic acids is 1. The molecule has 0 aliphatic carbocycles. The molecule has 0 atom stereocenters. The largest absolute Gasteiger partial charge is 0.478 e. The predicted octanol–water partition coefficient (Wildman–Crippen LogP) is 3.79. The number of rotatable bonds is 13. The first-order valence-corrected chi connectivity index (χ1v) is 7.78. The van der Waals surface area contributed by atoms with E-state index < -0.39 is 11.9 Å². The van der Waals surface area contributed by atoms with Gasteiger partial charge in [-0.1, -0.05) is 57.9 Å². The van der Waals surface area contributed by atoms with Crippen molar-refractivity contribution < 1.29 is 14.7 Å². The summed E-state index contributed by atoms with van der Waals surface area (Å²) < 4.78 is 0. The number of aliphatic carboxylic acids is 1. The maximum Gasteiger partial charge on any atom is 0.331 e. The summed E-state index contributed by atoms with van der Waals surface area (Å²) in [5.74, 6) is -1.27. The first-order valence-electron chi connectivity index (χ1n) is 7.78. The Labute approximate surface area is 122 Å². The Bertz CT molecular complexity index is 311. The minimum Gasteiger partial charge on any atom is -0.478 e. The van der Waals surface area contributed by atoms with Crippen LogP contribution >= 0.6 is 0 Å². The third-order valence-electron chi connectivity index (χ3n) is 3.36. The second-order valence-electron chi connectivity index (χ2n) is 5.26. The first-order chi connectivity index (χ1) is 9.57. The topological polar surface area (TPSA) is 80.4 Å². The minimum absolute atomic E-state index is 0.216. The number of amides is 1. The first kappa shape index (κ1) is 18.7. The molecule has 0 fully saturated rings. The number of nitrogens with two attached hydrogens (primary N) is 1. The smallest absolute Gasteiger partial charge is 0.331 e. The quantitative estimate of drug-likeness (QED) is 0.398. The lowest BCUT2D eigenvalue weighted by atomic mass is 10.0. The molecule has 0 aliphatic heterocycles. The van der Waals surface area contributed by atoms with Gasteiger partial charge < -0.3 is 10.8 Å². The molecule has 0 aliphatic rings. The molecular formula is C16H29NO3. The van der Waals surface area contributed by atoms with E-state index in [0.29, 0.717) is 18.4 Å². The minimum atomic E-state index is -0.877. The monoisotopic (exact) mass is 283 g/mol. The number of allylic oxidation sites excluding steroid dienone is 1. The fraction of sp³-hybridized carbons (Fsp3) is 0.750. The van der Waals surface area contributed by atoms with Crippen LogP contribution in [0.5, 0.6) is 0 Å². The number of primary amides is 1. The SMILES string of the molecule is CCCCCCCCCCC(=CCCC(N)=O)C(=O)O. The number of hydrogen-bond acceptors (Lipinski definition) is 2. The van der Waals surface area contributed by atoms with Crippen LogP contribution < -0.4 is 5.73 Å². The molecule has 0 aromatic carbocycles. The second kappa shape index (κ2) is 12.7.